The minimum absolute atomic E-state index is 0.0564. The SMILES string of the molecule is Cc1c(-c2cc3nc(Nc4cc5c(cc4F)CCN(C(C)C)C5)ncc3c(N)c2F)cnc2c1NCCO2. The molecule has 2 aliphatic rings. The molecule has 38 heavy (non-hydrogen) atoms. The van der Waals surface area contributed by atoms with E-state index in [0.717, 1.165) is 41.9 Å². The van der Waals surface area contributed by atoms with E-state index in [1.165, 1.54) is 6.20 Å². The summed E-state index contributed by atoms with van der Waals surface area (Å²) in [4.78, 5) is 15.6. The molecule has 0 radical (unpaired) electrons. The fourth-order valence-corrected chi connectivity index (χ4v) is 5.18. The number of halogens is 2. The molecule has 6 rings (SSSR count). The molecule has 0 aliphatic carbocycles. The number of fused-ring (bicyclic) bond motifs is 3. The third kappa shape index (κ3) is 4.14. The largest absolute Gasteiger partial charge is 0.474 e. The molecular weight excluding hydrogens is 488 g/mol. The van der Waals surface area contributed by atoms with Crippen LogP contribution in [0.1, 0.15) is 30.5 Å². The number of hydrogen-bond donors (Lipinski definition) is 3. The molecule has 8 nitrogen and oxygen atoms in total. The van der Waals surface area contributed by atoms with E-state index in [-0.39, 0.29) is 23.0 Å². The van der Waals surface area contributed by atoms with Crippen molar-refractivity contribution in [2.24, 2.45) is 0 Å². The van der Waals surface area contributed by atoms with Crippen molar-refractivity contribution in [1.82, 2.24) is 19.9 Å². The molecule has 4 N–H and O–H groups in total. The lowest BCUT2D eigenvalue weighted by Gasteiger charge is -2.32. The molecule has 0 saturated heterocycles. The lowest BCUT2D eigenvalue weighted by Crippen LogP contribution is -2.35. The molecule has 0 amide bonds. The third-order valence-corrected chi connectivity index (χ3v) is 7.41. The highest BCUT2D eigenvalue weighted by Crippen LogP contribution is 2.39. The van der Waals surface area contributed by atoms with Crippen molar-refractivity contribution in [3.05, 3.63) is 58.9 Å². The van der Waals surface area contributed by atoms with E-state index < -0.39 is 5.82 Å². The normalized spacial score (nSPS) is 15.1. The Labute approximate surface area is 219 Å². The maximum Gasteiger partial charge on any atom is 0.237 e. The zero-order chi connectivity index (χ0) is 26.6. The number of nitrogens with one attached hydrogen (secondary N) is 2. The molecule has 0 unspecified atom stereocenters. The van der Waals surface area contributed by atoms with Crippen molar-refractivity contribution >= 4 is 33.9 Å². The van der Waals surface area contributed by atoms with Gasteiger partial charge in [0.2, 0.25) is 11.8 Å². The standard InChI is InChI=1S/C28H29F2N7O/c1-14(2)37-6-4-16-8-21(29)23(9-17(16)13-37)36-28-34-12-20-22(35-28)10-18(24(30)25(20)31)19-11-33-27-26(15(19)3)32-5-7-38-27/h8-12,14,32H,4-7,13,31H2,1-3H3,(H,34,35,36). The Morgan fingerprint density at radius 1 is 1.11 bits per heavy atom. The van der Waals surface area contributed by atoms with Gasteiger partial charge in [0, 0.05) is 54.6 Å². The van der Waals surface area contributed by atoms with Gasteiger partial charge in [0.05, 0.1) is 16.9 Å². The van der Waals surface area contributed by atoms with Gasteiger partial charge in [-0.05, 0) is 62.1 Å². The van der Waals surface area contributed by atoms with Crippen LogP contribution in [-0.2, 0) is 13.0 Å². The molecule has 0 saturated carbocycles. The molecule has 4 heterocycles. The quantitative estimate of drug-likeness (QED) is 0.319. The summed E-state index contributed by atoms with van der Waals surface area (Å²) in [7, 11) is 0. The maximum absolute atomic E-state index is 15.4. The molecule has 2 aromatic heterocycles. The number of ether oxygens (including phenoxy) is 1. The zero-order valence-corrected chi connectivity index (χ0v) is 21.5. The predicted molar refractivity (Wildman–Crippen MR) is 145 cm³/mol. The van der Waals surface area contributed by atoms with Gasteiger partial charge in [0.15, 0.2) is 5.82 Å². The third-order valence-electron chi connectivity index (χ3n) is 7.41. The van der Waals surface area contributed by atoms with Gasteiger partial charge in [-0.1, -0.05) is 0 Å². The van der Waals surface area contributed by atoms with Gasteiger partial charge in [-0.3, -0.25) is 4.90 Å². The summed E-state index contributed by atoms with van der Waals surface area (Å²) in [5, 5.41) is 6.66. The van der Waals surface area contributed by atoms with Gasteiger partial charge >= 0.3 is 0 Å². The van der Waals surface area contributed by atoms with Crippen LogP contribution in [0.25, 0.3) is 22.0 Å². The minimum atomic E-state index is -0.571. The van der Waals surface area contributed by atoms with E-state index in [9.17, 15) is 4.39 Å². The molecule has 10 heteroatoms. The van der Waals surface area contributed by atoms with Crippen LogP contribution in [0.4, 0.5) is 31.8 Å². The fraction of sp³-hybridized carbons (Fsp3) is 0.321. The second-order valence-electron chi connectivity index (χ2n) is 10.1. The molecule has 0 fully saturated rings. The van der Waals surface area contributed by atoms with Crippen LogP contribution in [0.2, 0.25) is 0 Å². The van der Waals surface area contributed by atoms with Gasteiger partial charge in [-0.15, -0.1) is 0 Å². The molecule has 0 spiro atoms. The van der Waals surface area contributed by atoms with Gasteiger partial charge in [-0.25, -0.2) is 23.7 Å². The zero-order valence-electron chi connectivity index (χ0n) is 21.5. The second kappa shape index (κ2) is 9.36. The molecule has 0 bridgehead atoms. The van der Waals surface area contributed by atoms with E-state index in [1.807, 2.05) is 13.0 Å². The van der Waals surface area contributed by atoms with Crippen LogP contribution < -0.4 is 21.1 Å². The average Bonchev–Trinajstić information content (AvgIpc) is 2.91. The van der Waals surface area contributed by atoms with Crippen LogP contribution in [0.15, 0.2) is 30.6 Å². The van der Waals surface area contributed by atoms with Gasteiger partial charge in [0.25, 0.3) is 0 Å². The van der Waals surface area contributed by atoms with Crippen molar-refractivity contribution in [2.45, 2.75) is 39.8 Å². The Morgan fingerprint density at radius 3 is 2.76 bits per heavy atom. The monoisotopic (exact) mass is 517 g/mol. The molecule has 2 aromatic carbocycles. The van der Waals surface area contributed by atoms with E-state index in [2.05, 4.69) is 44.3 Å². The first kappa shape index (κ1) is 24.3. The minimum Gasteiger partial charge on any atom is -0.474 e. The summed E-state index contributed by atoms with van der Waals surface area (Å²) in [5.41, 5.74) is 11.3. The predicted octanol–water partition coefficient (Wildman–Crippen LogP) is 5.18. The Morgan fingerprint density at radius 2 is 1.95 bits per heavy atom. The van der Waals surface area contributed by atoms with Crippen molar-refractivity contribution in [2.75, 3.05) is 36.1 Å². The Hall–Kier alpha value is -4.05. The second-order valence-corrected chi connectivity index (χ2v) is 10.1. The van der Waals surface area contributed by atoms with Crippen LogP contribution in [0.3, 0.4) is 0 Å². The lowest BCUT2D eigenvalue weighted by molar-refractivity contribution is 0.203. The number of nitrogens with two attached hydrogens (primary N) is 1. The van der Waals surface area contributed by atoms with Crippen molar-refractivity contribution in [1.29, 1.82) is 0 Å². The van der Waals surface area contributed by atoms with Crippen LogP contribution in [0.5, 0.6) is 5.88 Å². The number of anilines is 4. The summed E-state index contributed by atoms with van der Waals surface area (Å²) in [6.45, 7) is 9.02. The number of nitrogen functional groups attached to an aromatic ring is 1. The van der Waals surface area contributed by atoms with E-state index in [0.29, 0.717) is 47.2 Å². The first-order valence-electron chi connectivity index (χ1n) is 12.7. The number of pyridine rings is 1. The molecule has 196 valence electrons. The molecule has 2 aliphatic heterocycles. The summed E-state index contributed by atoms with van der Waals surface area (Å²) < 4.78 is 36.0. The van der Waals surface area contributed by atoms with E-state index in [4.69, 9.17) is 10.5 Å². The highest BCUT2D eigenvalue weighted by atomic mass is 19.1. The van der Waals surface area contributed by atoms with Crippen LogP contribution in [0, 0.1) is 18.6 Å². The number of rotatable bonds is 4. The topological polar surface area (TPSA) is 101 Å². The van der Waals surface area contributed by atoms with Gasteiger partial charge in [0.1, 0.15) is 18.1 Å². The van der Waals surface area contributed by atoms with Crippen LogP contribution in [-0.4, -0.2) is 45.6 Å². The summed E-state index contributed by atoms with van der Waals surface area (Å²) >= 11 is 0. The Bertz CT molecular complexity index is 1570. The smallest absolute Gasteiger partial charge is 0.237 e. The highest BCUT2D eigenvalue weighted by molar-refractivity contribution is 5.96. The average molecular weight is 518 g/mol. The lowest BCUT2D eigenvalue weighted by atomic mass is 9.97. The first-order chi connectivity index (χ1) is 18.3. The number of hydrogen-bond acceptors (Lipinski definition) is 8. The number of nitrogens with zero attached hydrogens (tertiary/aromatic N) is 4. The summed E-state index contributed by atoms with van der Waals surface area (Å²) in [6, 6.07) is 5.45. The fourth-order valence-electron chi connectivity index (χ4n) is 5.18. The van der Waals surface area contributed by atoms with Crippen LogP contribution >= 0.6 is 0 Å². The van der Waals surface area contributed by atoms with Crippen molar-refractivity contribution in [3.8, 4) is 17.0 Å². The summed E-state index contributed by atoms with van der Waals surface area (Å²) in [5.74, 6) is -0.252. The Balaban J connectivity index is 1.38. The molecule has 4 aromatic rings. The number of benzene rings is 2. The molecular formula is C28H29F2N7O. The van der Waals surface area contributed by atoms with E-state index >= 15 is 4.39 Å². The van der Waals surface area contributed by atoms with Crippen molar-refractivity contribution in [3.63, 3.8) is 0 Å². The number of aromatic nitrogens is 3. The van der Waals surface area contributed by atoms with Gasteiger partial charge in [-0.2, -0.15) is 0 Å². The Kier molecular flexibility index (Phi) is 5.98. The van der Waals surface area contributed by atoms with Crippen molar-refractivity contribution < 1.29 is 13.5 Å². The summed E-state index contributed by atoms with van der Waals surface area (Å²) in [6.07, 6.45) is 3.84. The maximum atomic E-state index is 15.4. The van der Waals surface area contributed by atoms with E-state index in [1.54, 1.807) is 18.3 Å². The highest BCUT2D eigenvalue weighted by Gasteiger charge is 2.23. The first-order valence-corrected chi connectivity index (χ1v) is 12.7. The van der Waals surface area contributed by atoms with Gasteiger partial charge < -0.3 is 21.1 Å². The molecule has 0 atom stereocenters.